The fourth-order valence-corrected chi connectivity index (χ4v) is 21.5. The summed E-state index contributed by atoms with van der Waals surface area (Å²) in [5.74, 6) is 0. The van der Waals surface area contributed by atoms with Crippen LogP contribution < -0.4 is 13.3 Å². The molecule has 0 spiro atoms. The van der Waals surface area contributed by atoms with E-state index in [9.17, 15) is 0 Å². The molecule has 18 aromatic rings. The largest absolute Gasteiger partial charge is 0.389 e. The van der Waals surface area contributed by atoms with Crippen LogP contribution in [0.5, 0.6) is 0 Å². The van der Waals surface area contributed by atoms with Crippen molar-refractivity contribution in [3.8, 4) is 167 Å². The van der Waals surface area contributed by atoms with Crippen LogP contribution >= 0.6 is 0 Å². The van der Waals surface area contributed by atoms with Gasteiger partial charge in [-0.25, -0.2) is 0 Å². The molecule has 18 aromatic carbocycles. The second kappa shape index (κ2) is 30.9. The molecule has 0 atom stereocenters. The molecule has 0 bridgehead atoms. The summed E-state index contributed by atoms with van der Waals surface area (Å²) in [6, 6.07) is 171. The summed E-state index contributed by atoms with van der Waals surface area (Å²) in [6.45, 7) is 0. The molecule has 0 unspecified atom stereocenters. The van der Waals surface area contributed by atoms with E-state index >= 15 is 0 Å². The van der Waals surface area contributed by atoms with E-state index in [1.807, 2.05) is 0 Å². The van der Waals surface area contributed by atoms with Gasteiger partial charge in [-0.05, 0) is 167 Å². The molecule has 18 rings (SSSR count). The van der Waals surface area contributed by atoms with Gasteiger partial charge in [0.15, 0.2) is 0 Å². The minimum Gasteiger partial charge on any atom is -0.0822 e. The molecule has 0 N–H and O–H groups in total. The fourth-order valence-electron chi connectivity index (χ4n) is 17.1. The van der Waals surface area contributed by atoms with E-state index in [0.29, 0.717) is 0 Å². The van der Waals surface area contributed by atoms with Gasteiger partial charge in [-0.2, -0.15) is 0 Å². The first-order valence-electron chi connectivity index (χ1n) is 37.8. The first-order chi connectivity index (χ1) is 54.2. The van der Waals surface area contributed by atoms with Crippen molar-refractivity contribution in [2.24, 2.45) is 0 Å². The van der Waals surface area contributed by atoms with Crippen molar-refractivity contribution >= 4 is 27.4 Å². The second-order valence-electron chi connectivity index (χ2n) is 27.8. The van der Waals surface area contributed by atoms with Crippen molar-refractivity contribution in [1.29, 1.82) is 0 Å². The molecule has 0 nitrogen and oxygen atoms in total. The molecule has 0 radical (unpaired) electrons. The average Bonchev–Trinajstić information content (AvgIpc) is 0.684. The summed E-state index contributed by atoms with van der Waals surface area (Å²) in [6.07, 6.45) is 0. The molecule has 0 saturated heterocycles. The van der Waals surface area contributed by atoms with Crippen LogP contribution in [0, 0.1) is 0 Å². The van der Waals surface area contributed by atoms with E-state index in [-0.39, 0.29) is 0 Å². The van der Waals surface area contributed by atoms with Crippen LogP contribution in [0.25, 0.3) is 167 Å². The zero-order valence-corrected chi connectivity index (χ0v) is 61.5. The second-order valence-corrected chi connectivity index (χ2v) is 30.4. The molecule has 0 heterocycles. The number of benzene rings is 18. The summed E-state index contributed by atoms with van der Waals surface area (Å²) in [5.41, 5.74) is 34.3. The van der Waals surface area contributed by atoms with E-state index in [2.05, 4.69) is 455 Å². The normalized spacial score (nSPS) is 11.1. The topological polar surface area (TPSA) is 0 Å². The number of hydrogen-bond donors (Lipinski definition) is 0. The van der Waals surface area contributed by atoms with Crippen LogP contribution in [0.1, 0.15) is 0 Å². The van der Waals surface area contributed by atoms with Gasteiger partial charge in [-0.3, -0.25) is 0 Å². The highest BCUT2D eigenvalue weighted by Crippen LogP contribution is 2.56. The molecule has 0 aliphatic heterocycles. The van der Waals surface area contributed by atoms with Gasteiger partial charge < -0.3 is 0 Å². The van der Waals surface area contributed by atoms with Crippen LogP contribution in [0.4, 0.5) is 0 Å². The highest BCUT2D eigenvalue weighted by molar-refractivity contribution is 7.01. The summed E-state index contributed by atoms with van der Waals surface area (Å²) >= 11 is -3.82. The van der Waals surface area contributed by atoms with E-state index in [0.717, 1.165) is 134 Å². The minimum atomic E-state index is -3.82. The van der Waals surface area contributed by atoms with Crippen LogP contribution in [-0.4, -0.2) is 14.1 Å². The molecule has 1 heteroatoms. The Bertz CT molecular complexity index is 5210. The predicted molar refractivity (Wildman–Crippen MR) is 466 cm³/mol. The maximum Gasteiger partial charge on any atom is 0.389 e. The van der Waals surface area contributed by atoms with Crippen LogP contribution in [-0.2, 0) is 0 Å². The molecular weight excluding hydrogens is 1320 g/mol. The lowest BCUT2D eigenvalue weighted by atomic mass is 9.78. The van der Waals surface area contributed by atoms with Crippen molar-refractivity contribution < 1.29 is 0 Å². The van der Waals surface area contributed by atoms with Crippen molar-refractivity contribution in [3.05, 3.63) is 455 Å². The van der Waals surface area contributed by atoms with Crippen molar-refractivity contribution in [1.82, 2.24) is 0 Å². The van der Waals surface area contributed by atoms with E-state index in [1.165, 1.54) is 46.7 Å². The monoisotopic (exact) mass is 1400 g/mol. The Morgan fingerprint density at radius 2 is 0.156 bits per heavy atom. The molecular formula is C108H75Al. The summed E-state index contributed by atoms with van der Waals surface area (Å²) in [4.78, 5) is 0. The number of rotatable bonds is 18. The third-order valence-electron chi connectivity index (χ3n) is 21.4. The van der Waals surface area contributed by atoms with Gasteiger partial charge in [0.1, 0.15) is 0 Å². The van der Waals surface area contributed by atoms with Gasteiger partial charge >= 0.3 is 14.1 Å². The fraction of sp³-hybridized carbons (Fsp3) is 0. The first-order valence-corrected chi connectivity index (χ1v) is 39.5. The maximum atomic E-state index is 2.40. The van der Waals surface area contributed by atoms with Gasteiger partial charge in [-0.15, -0.1) is 0 Å². The zero-order valence-electron chi connectivity index (χ0n) is 60.4. The SMILES string of the molecule is c1ccc(-c2c(-c3ccccc3)c(-c3ccccc3)[c]([Al]([c]3c(-c4ccccc4)c(-c4ccccc4)c(-c4ccccc4)c(-c4ccccc4)c3-c3ccccc3)[c]3c(-c4ccccc4)c(-c4ccccc4)c(-c4ccccc4)c(-c4ccccc4)c3-c3ccccc3)c(-c3ccccc3)c2-c2ccccc2)cc1. The summed E-state index contributed by atoms with van der Waals surface area (Å²) in [7, 11) is 0. The van der Waals surface area contributed by atoms with E-state index in [4.69, 9.17) is 0 Å². The zero-order chi connectivity index (χ0) is 72.7. The van der Waals surface area contributed by atoms with Gasteiger partial charge in [0.05, 0.1) is 0 Å². The molecule has 0 fully saturated rings. The quantitative estimate of drug-likeness (QED) is 0.0751. The Morgan fingerprint density at radius 1 is 0.0826 bits per heavy atom. The molecule has 0 aliphatic carbocycles. The molecule has 0 aromatic heterocycles. The van der Waals surface area contributed by atoms with Gasteiger partial charge in [-0.1, -0.05) is 468 Å². The van der Waals surface area contributed by atoms with E-state index in [1.54, 1.807) is 0 Å². The maximum absolute atomic E-state index is 3.82. The van der Waals surface area contributed by atoms with Crippen molar-refractivity contribution in [3.63, 3.8) is 0 Å². The smallest absolute Gasteiger partial charge is 0.0822 e. The number of hydrogen-bond acceptors (Lipinski definition) is 0. The Kier molecular flexibility index (Phi) is 19.1. The molecule has 0 saturated carbocycles. The highest BCUT2D eigenvalue weighted by Gasteiger charge is 2.46. The van der Waals surface area contributed by atoms with Crippen LogP contribution in [0.3, 0.4) is 0 Å². The lowest BCUT2D eigenvalue weighted by Crippen LogP contribution is -2.57. The first kappa shape index (κ1) is 67.4. The lowest BCUT2D eigenvalue weighted by molar-refractivity contribution is 1.53. The van der Waals surface area contributed by atoms with Crippen LogP contribution in [0.15, 0.2) is 455 Å². The summed E-state index contributed by atoms with van der Waals surface area (Å²) in [5, 5.41) is 0. The Morgan fingerprint density at radius 3 is 0.248 bits per heavy atom. The highest BCUT2D eigenvalue weighted by atomic mass is 27.2. The average molecular weight is 1400 g/mol. The Hall–Kier alpha value is -13.5. The summed E-state index contributed by atoms with van der Waals surface area (Å²) < 4.78 is 3.86. The Balaban J connectivity index is 1.27. The Labute approximate surface area is 644 Å². The van der Waals surface area contributed by atoms with Gasteiger partial charge in [0, 0.05) is 0 Å². The van der Waals surface area contributed by atoms with Crippen LogP contribution in [0.2, 0.25) is 0 Å². The molecule has 0 aliphatic rings. The molecule has 510 valence electrons. The molecule has 109 heavy (non-hydrogen) atoms. The molecule has 0 amide bonds. The lowest BCUT2D eigenvalue weighted by Gasteiger charge is -2.37. The minimum absolute atomic E-state index is 1.12. The van der Waals surface area contributed by atoms with Gasteiger partial charge in [0.25, 0.3) is 0 Å². The van der Waals surface area contributed by atoms with E-state index < -0.39 is 14.1 Å². The standard InChI is InChI=1S/3C36H25.Al/c3*1-6-16-27(17-7-1)32-26-33(28-18-8-2-9-19-28)35(30-22-12-4-13-23-30)36(31-24-14-5-15-25-31)34(32)29-20-10-3-11-21-29;/h3*1-25H;. The third-order valence-corrected chi connectivity index (χ3v) is 24.9. The van der Waals surface area contributed by atoms with Crippen molar-refractivity contribution in [2.45, 2.75) is 0 Å². The third kappa shape index (κ3) is 12.9. The van der Waals surface area contributed by atoms with Crippen molar-refractivity contribution in [2.75, 3.05) is 0 Å². The van der Waals surface area contributed by atoms with Gasteiger partial charge in [0.2, 0.25) is 0 Å². The predicted octanol–water partition coefficient (Wildman–Crippen LogP) is 27.2.